The van der Waals surface area contributed by atoms with Crippen molar-refractivity contribution < 1.29 is 22.9 Å². The number of rotatable bonds is 10. The van der Waals surface area contributed by atoms with E-state index in [0.29, 0.717) is 24.3 Å². The highest BCUT2D eigenvalue weighted by Gasteiger charge is 2.23. The summed E-state index contributed by atoms with van der Waals surface area (Å²) in [5.74, 6) is 0.433. The van der Waals surface area contributed by atoms with Gasteiger partial charge in [-0.3, -0.25) is 19.2 Å². The molecule has 1 N–H and O–H groups in total. The highest BCUT2D eigenvalue weighted by molar-refractivity contribution is 7.92. The van der Waals surface area contributed by atoms with E-state index in [2.05, 4.69) is 5.32 Å². The van der Waals surface area contributed by atoms with E-state index in [4.69, 9.17) is 16.3 Å². The van der Waals surface area contributed by atoms with E-state index >= 15 is 0 Å². The molecule has 190 valence electrons. The Balaban J connectivity index is 1.64. The van der Waals surface area contributed by atoms with Crippen LogP contribution in [0.4, 0.5) is 11.4 Å². The van der Waals surface area contributed by atoms with Gasteiger partial charge in [-0.05, 0) is 60.9 Å². The van der Waals surface area contributed by atoms with Gasteiger partial charge in [0.15, 0.2) is 0 Å². The fourth-order valence-corrected chi connectivity index (χ4v) is 4.51. The first-order chi connectivity index (χ1) is 17.0. The second kappa shape index (κ2) is 11.4. The Labute approximate surface area is 214 Å². The maximum absolute atomic E-state index is 12.5. The number of nitrogens with one attached hydrogen (secondary N) is 1. The smallest absolute Gasteiger partial charge is 0.271 e. The minimum absolute atomic E-state index is 0.000966. The van der Waals surface area contributed by atoms with E-state index in [0.717, 1.165) is 27.9 Å². The predicted octanol–water partition coefficient (Wildman–Crippen LogP) is 4.64. The SMILES string of the molecule is Cc1ccc(OCCNC(=O)c2ccc(CN(c3cc([N+](=O)[O-])ccc3Cl)S(C)(=O)=O)cc2)cc1C. The van der Waals surface area contributed by atoms with Gasteiger partial charge in [0, 0.05) is 17.7 Å². The summed E-state index contributed by atoms with van der Waals surface area (Å²) in [6, 6.07) is 15.8. The van der Waals surface area contributed by atoms with Gasteiger partial charge in [-0.1, -0.05) is 29.8 Å². The summed E-state index contributed by atoms with van der Waals surface area (Å²) in [5.41, 5.74) is 2.98. The Hall–Kier alpha value is -3.63. The molecular formula is C25H26ClN3O6S. The lowest BCUT2D eigenvalue weighted by atomic mass is 10.1. The van der Waals surface area contributed by atoms with Gasteiger partial charge in [0.05, 0.1) is 35.0 Å². The van der Waals surface area contributed by atoms with Gasteiger partial charge >= 0.3 is 0 Å². The molecule has 0 heterocycles. The first-order valence-electron chi connectivity index (χ1n) is 10.9. The Morgan fingerprint density at radius 1 is 1.06 bits per heavy atom. The van der Waals surface area contributed by atoms with Crippen LogP contribution in [0.2, 0.25) is 5.02 Å². The normalized spacial score (nSPS) is 11.1. The fourth-order valence-electron chi connectivity index (χ4n) is 3.35. The van der Waals surface area contributed by atoms with E-state index < -0.39 is 14.9 Å². The Morgan fingerprint density at radius 2 is 1.75 bits per heavy atom. The predicted molar refractivity (Wildman–Crippen MR) is 139 cm³/mol. The molecule has 3 rings (SSSR count). The fraction of sp³-hybridized carbons (Fsp3) is 0.240. The molecule has 9 nitrogen and oxygen atoms in total. The van der Waals surface area contributed by atoms with Crippen molar-refractivity contribution in [3.05, 3.63) is 98.1 Å². The summed E-state index contributed by atoms with van der Waals surface area (Å²) >= 11 is 6.16. The number of amides is 1. The van der Waals surface area contributed by atoms with Crippen molar-refractivity contribution in [1.82, 2.24) is 5.32 Å². The van der Waals surface area contributed by atoms with Gasteiger partial charge in [-0.2, -0.15) is 0 Å². The third kappa shape index (κ3) is 6.96. The van der Waals surface area contributed by atoms with Crippen LogP contribution in [-0.4, -0.2) is 38.7 Å². The molecule has 0 atom stereocenters. The van der Waals surface area contributed by atoms with Gasteiger partial charge in [-0.25, -0.2) is 8.42 Å². The van der Waals surface area contributed by atoms with Crippen LogP contribution in [0.15, 0.2) is 60.7 Å². The Bertz CT molecular complexity index is 1380. The van der Waals surface area contributed by atoms with Crippen molar-refractivity contribution in [1.29, 1.82) is 0 Å². The molecule has 0 fully saturated rings. The zero-order chi connectivity index (χ0) is 26.5. The van der Waals surface area contributed by atoms with Crippen LogP contribution in [0.5, 0.6) is 5.75 Å². The molecule has 11 heteroatoms. The highest BCUT2D eigenvalue weighted by Crippen LogP contribution is 2.32. The lowest BCUT2D eigenvalue weighted by Gasteiger charge is -2.23. The van der Waals surface area contributed by atoms with Crippen LogP contribution >= 0.6 is 11.6 Å². The van der Waals surface area contributed by atoms with E-state index in [9.17, 15) is 23.3 Å². The first-order valence-corrected chi connectivity index (χ1v) is 13.2. The van der Waals surface area contributed by atoms with E-state index in [-0.39, 0.29) is 28.8 Å². The molecule has 0 radical (unpaired) electrons. The van der Waals surface area contributed by atoms with Crippen LogP contribution in [0.1, 0.15) is 27.0 Å². The van der Waals surface area contributed by atoms with Crippen LogP contribution in [0.25, 0.3) is 0 Å². The quantitative estimate of drug-likeness (QED) is 0.231. The number of carbonyl (C=O) groups excluding carboxylic acids is 1. The number of halogens is 1. The number of benzene rings is 3. The number of nitrogens with zero attached hydrogens (tertiary/aromatic N) is 2. The summed E-state index contributed by atoms with van der Waals surface area (Å²) in [5, 5.41) is 14.0. The van der Waals surface area contributed by atoms with Crippen LogP contribution < -0.4 is 14.4 Å². The largest absolute Gasteiger partial charge is 0.492 e. The molecule has 36 heavy (non-hydrogen) atoms. The maximum Gasteiger partial charge on any atom is 0.271 e. The molecule has 0 saturated carbocycles. The van der Waals surface area contributed by atoms with Crippen molar-refractivity contribution in [3.63, 3.8) is 0 Å². The average Bonchev–Trinajstić information content (AvgIpc) is 2.82. The molecule has 0 saturated heterocycles. The zero-order valence-corrected chi connectivity index (χ0v) is 21.6. The summed E-state index contributed by atoms with van der Waals surface area (Å²) in [4.78, 5) is 23.0. The molecule has 0 aromatic heterocycles. The van der Waals surface area contributed by atoms with Crippen molar-refractivity contribution in [3.8, 4) is 5.75 Å². The van der Waals surface area contributed by atoms with Crippen molar-refractivity contribution in [2.75, 3.05) is 23.7 Å². The van der Waals surface area contributed by atoms with Crippen LogP contribution in [0.3, 0.4) is 0 Å². The molecular weight excluding hydrogens is 506 g/mol. The average molecular weight is 532 g/mol. The molecule has 3 aromatic rings. The minimum Gasteiger partial charge on any atom is -0.492 e. The van der Waals surface area contributed by atoms with E-state index in [1.54, 1.807) is 24.3 Å². The lowest BCUT2D eigenvalue weighted by molar-refractivity contribution is -0.384. The molecule has 0 aliphatic heterocycles. The number of anilines is 1. The molecule has 0 aliphatic carbocycles. The Kier molecular flexibility index (Phi) is 8.54. The van der Waals surface area contributed by atoms with Gasteiger partial charge in [0.2, 0.25) is 10.0 Å². The number of ether oxygens (including phenoxy) is 1. The third-order valence-corrected chi connectivity index (χ3v) is 6.93. The number of non-ortho nitro benzene ring substituents is 1. The number of hydrogen-bond acceptors (Lipinski definition) is 6. The number of carbonyl (C=O) groups is 1. The number of sulfonamides is 1. The lowest BCUT2D eigenvalue weighted by Crippen LogP contribution is -2.30. The van der Waals surface area contributed by atoms with Crippen LogP contribution in [0, 0.1) is 24.0 Å². The standard InChI is InChI=1S/C25H26ClN3O6S/c1-17-4-10-22(14-18(17)2)35-13-12-27-25(30)20-7-5-19(6-8-20)16-28(36(3,33)34)24-15-21(29(31)32)9-11-23(24)26/h4-11,14-15H,12-13,16H2,1-3H3,(H,27,30). The van der Waals surface area contributed by atoms with E-state index in [1.165, 1.54) is 17.7 Å². The van der Waals surface area contributed by atoms with Crippen molar-refractivity contribution >= 4 is 38.9 Å². The highest BCUT2D eigenvalue weighted by atomic mass is 35.5. The molecule has 0 unspecified atom stereocenters. The number of hydrogen-bond donors (Lipinski definition) is 1. The molecule has 3 aromatic carbocycles. The molecule has 0 aliphatic rings. The third-order valence-electron chi connectivity index (χ3n) is 5.49. The second-order valence-electron chi connectivity index (χ2n) is 8.21. The van der Waals surface area contributed by atoms with Gasteiger partial charge < -0.3 is 10.1 Å². The van der Waals surface area contributed by atoms with E-state index in [1.807, 2.05) is 32.0 Å². The van der Waals surface area contributed by atoms with Gasteiger partial charge in [-0.15, -0.1) is 0 Å². The molecule has 0 bridgehead atoms. The van der Waals surface area contributed by atoms with Gasteiger partial charge in [0.25, 0.3) is 11.6 Å². The van der Waals surface area contributed by atoms with Crippen molar-refractivity contribution in [2.24, 2.45) is 0 Å². The number of aryl methyl sites for hydroxylation is 2. The molecule has 0 spiro atoms. The summed E-state index contributed by atoms with van der Waals surface area (Å²) in [6.07, 6.45) is 0.990. The summed E-state index contributed by atoms with van der Waals surface area (Å²) in [7, 11) is -3.82. The minimum atomic E-state index is -3.82. The number of nitro benzene ring substituents is 1. The zero-order valence-electron chi connectivity index (χ0n) is 20.0. The van der Waals surface area contributed by atoms with Gasteiger partial charge in [0.1, 0.15) is 12.4 Å². The molecule has 1 amide bonds. The van der Waals surface area contributed by atoms with Crippen LogP contribution in [-0.2, 0) is 16.6 Å². The monoisotopic (exact) mass is 531 g/mol. The van der Waals surface area contributed by atoms with Crippen molar-refractivity contribution in [2.45, 2.75) is 20.4 Å². The maximum atomic E-state index is 12.5. The Morgan fingerprint density at radius 3 is 2.36 bits per heavy atom. The summed E-state index contributed by atoms with van der Waals surface area (Å²) < 4.78 is 31.6. The number of nitro groups is 1. The first kappa shape index (κ1) is 27.0. The topological polar surface area (TPSA) is 119 Å². The summed E-state index contributed by atoms with van der Waals surface area (Å²) in [6.45, 7) is 4.51. The second-order valence-corrected chi connectivity index (χ2v) is 10.5.